The molecule has 2 aliphatic heterocycles. The van der Waals surface area contributed by atoms with Crippen molar-refractivity contribution in [2.75, 3.05) is 7.05 Å². The summed E-state index contributed by atoms with van der Waals surface area (Å²) in [5.74, 6) is 0.680. The lowest BCUT2D eigenvalue weighted by atomic mass is 10.0. The van der Waals surface area contributed by atoms with E-state index in [4.69, 9.17) is 4.74 Å². The molecule has 0 N–H and O–H groups in total. The fourth-order valence-corrected chi connectivity index (χ4v) is 3.13. The van der Waals surface area contributed by atoms with Crippen LogP contribution in [0.25, 0.3) is 0 Å². The molecule has 1 aromatic heterocycles. The van der Waals surface area contributed by atoms with E-state index >= 15 is 0 Å². The Morgan fingerprint density at radius 1 is 1.24 bits per heavy atom. The SMILES string of the molecule is Cc1cncc(OC2CC3CCC(C2)N3C)n1. The minimum absolute atomic E-state index is 0.319. The van der Waals surface area contributed by atoms with E-state index in [1.54, 1.807) is 12.4 Å². The van der Waals surface area contributed by atoms with Gasteiger partial charge in [-0.3, -0.25) is 4.98 Å². The second-order valence-electron chi connectivity index (χ2n) is 5.26. The van der Waals surface area contributed by atoms with Crippen molar-refractivity contribution in [2.45, 2.75) is 50.8 Å². The predicted octanol–water partition coefficient (Wildman–Crippen LogP) is 1.79. The number of fused-ring (bicyclic) bond motifs is 2. The molecule has 2 saturated heterocycles. The topological polar surface area (TPSA) is 38.2 Å². The van der Waals surface area contributed by atoms with Gasteiger partial charge in [0.15, 0.2) is 0 Å². The highest BCUT2D eigenvalue weighted by atomic mass is 16.5. The first kappa shape index (κ1) is 11.0. The van der Waals surface area contributed by atoms with Gasteiger partial charge >= 0.3 is 0 Å². The van der Waals surface area contributed by atoms with E-state index in [0.29, 0.717) is 24.1 Å². The van der Waals surface area contributed by atoms with Crippen molar-refractivity contribution in [3.05, 3.63) is 18.1 Å². The zero-order valence-electron chi connectivity index (χ0n) is 10.5. The average molecular weight is 233 g/mol. The van der Waals surface area contributed by atoms with Crippen LogP contribution in [0.15, 0.2) is 12.4 Å². The van der Waals surface area contributed by atoms with Gasteiger partial charge in [-0.15, -0.1) is 0 Å². The number of hydrogen-bond acceptors (Lipinski definition) is 4. The minimum atomic E-state index is 0.319. The fraction of sp³-hybridized carbons (Fsp3) is 0.692. The monoisotopic (exact) mass is 233 g/mol. The van der Waals surface area contributed by atoms with Gasteiger partial charge in [0.2, 0.25) is 5.88 Å². The number of nitrogens with zero attached hydrogens (tertiary/aromatic N) is 3. The van der Waals surface area contributed by atoms with Crippen LogP contribution in [0.3, 0.4) is 0 Å². The van der Waals surface area contributed by atoms with Gasteiger partial charge in [-0.1, -0.05) is 0 Å². The largest absolute Gasteiger partial charge is 0.473 e. The maximum Gasteiger partial charge on any atom is 0.232 e. The minimum Gasteiger partial charge on any atom is -0.473 e. The Balaban J connectivity index is 1.67. The molecule has 2 atom stereocenters. The molecular formula is C13H19N3O. The Morgan fingerprint density at radius 3 is 2.59 bits per heavy atom. The third-order valence-corrected chi connectivity index (χ3v) is 4.08. The van der Waals surface area contributed by atoms with Gasteiger partial charge in [0.05, 0.1) is 11.9 Å². The summed E-state index contributed by atoms with van der Waals surface area (Å²) in [6.07, 6.45) is 8.69. The zero-order valence-corrected chi connectivity index (χ0v) is 10.5. The van der Waals surface area contributed by atoms with Gasteiger partial charge in [0.1, 0.15) is 6.10 Å². The summed E-state index contributed by atoms with van der Waals surface area (Å²) in [4.78, 5) is 11.0. The maximum absolute atomic E-state index is 5.96. The van der Waals surface area contributed by atoms with Crippen LogP contribution in [-0.4, -0.2) is 40.1 Å². The standard InChI is InChI=1S/C13H19N3O/c1-9-7-14-8-13(15-9)17-12-5-10-3-4-11(6-12)16(10)2/h7-8,10-12H,3-6H2,1-2H3. The summed E-state index contributed by atoms with van der Waals surface area (Å²) in [6.45, 7) is 1.94. The summed E-state index contributed by atoms with van der Waals surface area (Å²) in [7, 11) is 2.24. The first-order valence-electron chi connectivity index (χ1n) is 6.39. The average Bonchev–Trinajstić information content (AvgIpc) is 2.52. The van der Waals surface area contributed by atoms with E-state index in [2.05, 4.69) is 21.9 Å². The summed E-state index contributed by atoms with van der Waals surface area (Å²) >= 11 is 0. The van der Waals surface area contributed by atoms with Crippen molar-refractivity contribution >= 4 is 0 Å². The maximum atomic E-state index is 5.96. The highest BCUT2D eigenvalue weighted by molar-refractivity contribution is 5.08. The third-order valence-electron chi connectivity index (χ3n) is 4.08. The van der Waals surface area contributed by atoms with E-state index in [0.717, 1.165) is 18.5 Å². The molecule has 3 rings (SSSR count). The molecular weight excluding hydrogens is 214 g/mol. The van der Waals surface area contributed by atoms with Crippen molar-refractivity contribution in [2.24, 2.45) is 0 Å². The van der Waals surface area contributed by atoms with Crippen LogP contribution in [0.4, 0.5) is 0 Å². The van der Waals surface area contributed by atoms with Crippen molar-refractivity contribution in [1.29, 1.82) is 0 Å². The van der Waals surface area contributed by atoms with E-state index in [1.165, 1.54) is 12.8 Å². The van der Waals surface area contributed by atoms with Gasteiger partial charge in [-0.2, -0.15) is 0 Å². The molecule has 0 amide bonds. The fourth-order valence-electron chi connectivity index (χ4n) is 3.13. The molecule has 4 heteroatoms. The molecule has 4 nitrogen and oxygen atoms in total. The number of aryl methyl sites for hydroxylation is 1. The molecule has 92 valence electrons. The Morgan fingerprint density at radius 2 is 1.94 bits per heavy atom. The van der Waals surface area contributed by atoms with Gasteiger partial charge < -0.3 is 9.64 Å². The number of piperidine rings is 1. The van der Waals surface area contributed by atoms with Gasteiger partial charge in [-0.05, 0) is 39.7 Å². The molecule has 2 fully saturated rings. The van der Waals surface area contributed by atoms with Crippen LogP contribution in [0.5, 0.6) is 5.88 Å². The Hall–Kier alpha value is -1.16. The summed E-state index contributed by atoms with van der Waals surface area (Å²) in [5.41, 5.74) is 0.915. The lowest BCUT2D eigenvalue weighted by Gasteiger charge is -2.35. The molecule has 2 aliphatic rings. The van der Waals surface area contributed by atoms with Gasteiger partial charge in [-0.25, -0.2) is 4.98 Å². The Bertz CT molecular complexity index is 395. The molecule has 17 heavy (non-hydrogen) atoms. The lowest BCUT2D eigenvalue weighted by molar-refractivity contribution is 0.0629. The van der Waals surface area contributed by atoms with Crippen LogP contribution in [-0.2, 0) is 0 Å². The van der Waals surface area contributed by atoms with Crippen LogP contribution in [0, 0.1) is 6.92 Å². The van der Waals surface area contributed by atoms with E-state index in [9.17, 15) is 0 Å². The van der Waals surface area contributed by atoms with Gasteiger partial charge in [0.25, 0.3) is 0 Å². The number of rotatable bonds is 2. The van der Waals surface area contributed by atoms with E-state index in [-0.39, 0.29) is 0 Å². The second-order valence-corrected chi connectivity index (χ2v) is 5.26. The summed E-state index contributed by atoms with van der Waals surface area (Å²) in [5, 5.41) is 0. The summed E-state index contributed by atoms with van der Waals surface area (Å²) in [6, 6.07) is 1.41. The van der Waals surface area contributed by atoms with Crippen LogP contribution in [0.2, 0.25) is 0 Å². The quantitative estimate of drug-likeness (QED) is 0.780. The molecule has 1 aromatic rings. The molecule has 0 saturated carbocycles. The van der Waals surface area contributed by atoms with Crippen LogP contribution < -0.4 is 4.74 Å². The van der Waals surface area contributed by atoms with E-state index < -0.39 is 0 Å². The molecule has 3 heterocycles. The van der Waals surface area contributed by atoms with Gasteiger partial charge in [0, 0.05) is 18.3 Å². The number of ether oxygens (including phenoxy) is 1. The summed E-state index contributed by atoms with van der Waals surface area (Å²) < 4.78 is 5.96. The molecule has 0 aliphatic carbocycles. The first-order valence-corrected chi connectivity index (χ1v) is 6.39. The molecule has 0 radical (unpaired) electrons. The van der Waals surface area contributed by atoms with Crippen molar-refractivity contribution in [3.63, 3.8) is 0 Å². The lowest BCUT2D eigenvalue weighted by Crippen LogP contribution is -2.43. The third kappa shape index (κ3) is 2.14. The second kappa shape index (κ2) is 4.26. The van der Waals surface area contributed by atoms with Crippen molar-refractivity contribution < 1.29 is 4.74 Å². The smallest absolute Gasteiger partial charge is 0.232 e. The normalized spacial score (nSPS) is 32.7. The van der Waals surface area contributed by atoms with Crippen LogP contribution >= 0.6 is 0 Å². The molecule has 0 aromatic carbocycles. The number of aromatic nitrogens is 2. The van der Waals surface area contributed by atoms with Crippen LogP contribution in [0.1, 0.15) is 31.4 Å². The Kier molecular flexibility index (Phi) is 2.74. The van der Waals surface area contributed by atoms with E-state index in [1.807, 2.05) is 6.92 Å². The molecule has 0 spiro atoms. The first-order chi connectivity index (χ1) is 8.22. The predicted molar refractivity (Wildman–Crippen MR) is 65.0 cm³/mol. The highest BCUT2D eigenvalue weighted by Gasteiger charge is 2.39. The number of hydrogen-bond donors (Lipinski definition) is 0. The zero-order chi connectivity index (χ0) is 11.8. The molecule has 2 unspecified atom stereocenters. The van der Waals surface area contributed by atoms with Crippen molar-refractivity contribution in [3.8, 4) is 5.88 Å². The highest BCUT2D eigenvalue weighted by Crippen LogP contribution is 2.35. The molecule has 2 bridgehead atoms. The van der Waals surface area contributed by atoms with Crippen molar-refractivity contribution in [1.82, 2.24) is 14.9 Å². The Labute approximate surface area is 102 Å².